The van der Waals surface area contributed by atoms with E-state index >= 15 is 0 Å². The normalized spacial score (nSPS) is 17.4. The fourth-order valence-electron chi connectivity index (χ4n) is 2.57. The molecule has 0 N–H and O–H groups in total. The van der Waals surface area contributed by atoms with E-state index in [0.717, 1.165) is 34.4 Å². The topological polar surface area (TPSA) is 9.23 Å². The monoisotopic (exact) mass is 242 g/mol. The molecule has 2 heteroatoms. The van der Waals surface area contributed by atoms with Gasteiger partial charge in [-0.05, 0) is 37.1 Å². The lowest BCUT2D eigenvalue weighted by Gasteiger charge is -2.12. The molecule has 0 aromatic heterocycles. The Hall–Kier alpha value is -1.83. The Balaban J connectivity index is 2.22. The summed E-state index contributed by atoms with van der Waals surface area (Å²) in [5.41, 5.74) is 4.02. The molecular formula is C16H15FO. The number of ether oxygens (including phenoxy) is 1. The lowest BCUT2D eigenvalue weighted by Crippen LogP contribution is -2.05. The predicted octanol–water partition coefficient (Wildman–Crippen LogP) is 4.12. The highest BCUT2D eigenvalue weighted by Crippen LogP contribution is 2.40. The second-order valence-corrected chi connectivity index (χ2v) is 4.89. The van der Waals surface area contributed by atoms with E-state index in [9.17, 15) is 4.39 Å². The van der Waals surface area contributed by atoms with E-state index in [2.05, 4.69) is 0 Å². The minimum atomic E-state index is -0.190. The summed E-state index contributed by atoms with van der Waals surface area (Å²) in [7, 11) is 0. The summed E-state index contributed by atoms with van der Waals surface area (Å²) in [4.78, 5) is 0. The molecule has 92 valence electrons. The molecule has 1 atom stereocenters. The number of hydrogen-bond acceptors (Lipinski definition) is 1. The number of fused-ring (bicyclic) bond motifs is 1. The molecule has 0 fully saturated rings. The van der Waals surface area contributed by atoms with Crippen LogP contribution in [0.1, 0.15) is 18.1 Å². The molecule has 2 aromatic rings. The third-order valence-corrected chi connectivity index (χ3v) is 3.39. The first-order chi connectivity index (χ1) is 8.65. The molecule has 0 saturated carbocycles. The number of aryl methyl sites for hydroxylation is 1. The van der Waals surface area contributed by atoms with Gasteiger partial charge >= 0.3 is 0 Å². The summed E-state index contributed by atoms with van der Waals surface area (Å²) in [6, 6.07) is 11.2. The van der Waals surface area contributed by atoms with Crippen LogP contribution >= 0.6 is 0 Å². The third-order valence-electron chi connectivity index (χ3n) is 3.39. The van der Waals surface area contributed by atoms with Gasteiger partial charge in [-0.1, -0.05) is 24.3 Å². The Morgan fingerprint density at radius 2 is 1.94 bits per heavy atom. The first kappa shape index (κ1) is 11.3. The first-order valence-corrected chi connectivity index (χ1v) is 6.20. The largest absolute Gasteiger partial charge is 0.489 e. The van der Waals surface area contributed by atoms with Crippen molar-refractivity contribution in [2.24, 2.45) is 0 Å². The minimum Gasteiger partial charge on any atom is -0.489 e. The summed E-state index contributed by atoms with van der Waals surface area (Å²) in [6.45, 7) is 4.05. The van der Waals surface area contributed by atoms with Gasteiger partial charge in [-0.15, -0.1) is 0 Å². The molecule has 2 aromatic carbocycles. The van der Waals surface area contributed by atoms with Crippen molar-refractivity contribution in [3.05, 3.63) is 53.3 Å². The Morgan fingerprint density at radius 1 is 1.17 bits per heavy atom. The average molecular weight is 242 g/mol. The summed E-state index contributed by atoms with van der Waals surface area (Å²) in [5, 5.41) is 0. The molecule has 0 saturated heterocycles. The molecule has 1 unspecified atom stereocenters. The molecule has 3 rings (SSSR count). The number of benzene rings is 2. The highest BCUT2D eigenvalue weighted by atomic mass is 19.1. The fraction of sp³-hybridized carbons (Fsp3) is 0.250. The number of hydrogen-bond donors (Lipinski definition) is 0. The SMILES string of the molecule is Cc1ccccc1-c1cc(F)cc2c1OC(C)C2. The zero-order valence-electron chi connectivity index (χ0n) is 10.5. The van der Waals surface area contributed by atoms with Crippen molar-refractivity contribution in [3.8, 4) is 16.9 Å². The van der Waals surface area contributed by atoms with Crippen LogP contribution in [-0.2, 0) is 6.42 Å². The van der Waals surface area contributed by atoms with Gasteiger partial charge in [0.15, 0.2) is 0 Å². The molecule has 1 aliphatic rings. The van der Waals surface area contributed by atoms with Crippen LogP contribution in [0.15, 0.2) is 36.4 Å². The van der Waals surface area contributed by atoms with Gasteiger partial charge in [0.1, 0.15) is 17.7 Å². The standard InChI is InChI=1S/C16H15FO/c1-10-5-3-4-6-14(10)15-9-13(17)8-12-7-11(2)18-16(12)15/h3-6,8-9,11H,7H2,1-2H3. The van der Waals surface area contributed by atoms with Gasteiger partial charge in [0.05, 0.1) is 0 Å². The van der Waals surface area contributed by atoms with Gasteiger partial charge in [0, 0.05) is 17.5 Å². The van der Waals surface area contributed by atoms with E-state index < -0.39 is 0 Å². The Labute approximate surface area is 106 Å². The molecule has 0 aliphatic carbocycles. The molecule has 1 heterocycles. The van der Waals surface area contributed by atoms with Gasteiger partial charge in [-0.3, -0.25) is 0 Å². The van der Waals surface area contributed by atoms with Crippen LogP contribution in [0.3, 0.4) is 0 Å². The van der Waals surface area contributed by atoms with E-state index in [1.54, 1.807) is 12.1 Å². The highest BCUT2D eigenvalue weighted by molar-refractivity contribution is 5.75. The van der Waals surface area contributed by atoms with Crippen molar-refractivity contribution in [2.45, 2.75) is 26.4 Å². The maximum Gasteiger partial charge on any atom is 0.131 e. The molecule has 0 spiro atoms. The quantitative estimate of drug-likeness (QED) is 0.730. The van der Waals surface area contributed by atoms with Crippen LogP contribution in [0.4, 0.5) is 4.39 Å². The van der Waals surface area contributed by atoms with Gasteiger partial charge in [0.25, 0.3) is 0 Å². The van der Waals surface area contributed by atoms with Crippen LogP contribution in [0.5, 0.6) is 5.75 Å². The summed E-state index contributed by atoms with van der Waals surface area (Å²) in [5.74, 6) is 0.655. The van der Waals surface area contributed by atoms with Crippen molar-refractivity contribution in [3.63, 3.8) is 0 Å². The van der Waals surface area contributed by atoms with Crippen molar-refractivity contribution < 1.29 is 9.13 Å². The molecule has 0 bridgehead atoms. The summed E-state index contributed by atoms with van der Waals surface area (Å²) in [6.07, 6.45) is 0.913. The van der Waals surface area contributed by atoms with E-state index in [4.69, 9.17) is 4.74 Å². The Kier molecular flexibility index (Phi) is 2.58. The van der Waals surface area contributed by atoms with Gasteiger partial charge in [-0.25, -0.2) is 4.39 Å². The Morgan fingerprint density at radius 3 is 2.72 bits per heavy atom. The van der Waals surface area contributed by atoms with Crippen LogP contribution in [0.25, 0.3) is 11.1 Å². The minimum absolute atomic E-state index is 0.129. The lowest BCUT2D eigenvalue weighted by molar-refractivity contribution is 0.255. The van der Waals surface area contributed by atoms with Crippen molar-refractivity contribution in [1.82, 2.24) is 0 Å². The number of rotatable bonds is 1. The van der Waals surface area contributed by atoms with Crippen LogP contribution in [0.2, 0.25) is 0 Å². The van der Waals surface area contributed by atoms with E-state index in [1.165, 1.54) is 0 Å². The van der Waals surface area contributed by atoms with Gasteiger partial charge in [-0.2, -0.15) is 0 Å². The third kappa shape index (κ3) is 1.78. The van der Waals surface area contributed by atoms with Gasteiger partial charge < -0.3 is 4.74 Å². The maximum atomic E-state index is 13.7. The highest BCUT2D eigenvalue weighted by Gasteiger charge is 2.24. The lowest BCUT2D eigenvalue weighted by atomic mass is 9.97. The van der Waals surface area contributed by atoms with Gasteiger partial charge in [0.2, 0.25) is 0 Å². The van der Waals surface area contributed by atoms with Crippen molar-refractivity contribution >= 4 is 0 Å². The molecule has 1 aliphatic heterocycles. The van der Waals surface area contributed by atoms with Crippen LogP contribution < -0.4 is 4.74 Å². The molecule has 18 heavy (non-hydrogen) atoms. The maximum absolute atomic E-state index is 13.7. The Bertz CT molecular complexity index is 604. The smallest absolute Gasteiger partial charge is 0.131 e. The first-order valence-electron chi connectivity index (χ1n) is 6.20. The average Bonchev–Trinajstić information content (AvgIpc) is 2.69. The van der Waals surface area contributed by atoms with Crippen LogP contribution in [0, 0.1) is 12.7 Å². The predicted molar refractivity (Wildman–Crippen MR) is 70.4 cm³/mol. The van der Waals surface area contributed by atoms with Crippen LogP contribution in [-0.4, -0.2) is 6.10 Å². The summed E-state index contributed by atoms with van der Waals surface area (Å²) < 4.78 is 19.5. The number of halogens is 1. The van der Waals surface area contributed by atoms with E-state index in [0.29, 0.717) is 0 Å². The van der Waals surface area contributed by atoms with Crippen molar-refractivity contribution in [2.75, 3.05) is 0 Å². The second kappa shape index (κ2) is 4.13. The summed E-state index contributed by atoms with van der Waals surface area (Å²) >= 11 is 0. The molecule has 0 radical (unpaired) electrons. The zero-order chi connectivity index (χ0) is 12.7. The fourth-order valence-corrected chi connectivity index (χ4v) is 2.57. The second-order valence-electron chi connectivity index (χ2n) is 4.89. The molecule has 1 nitrogen and oxygen atoms in total. The zero-order valence-corrected chi connectivity index (χ0v) is 10.5. The molecular weight excluding hydrogens is 227 g/mol. The molecule has 0 amide bonds. The van der Waals surface area contributed by atoms with Crippen molar-refractivity contribution in [1.29, 1.82) is 0 Å². The van der Waals surface area contributed by atoms with E-state index in [1.807, 2.05) is 38.1 Å². The van der Waals surface area contributed by atoms with E-state index in [-0.39, 0.29) is 11.9 Å².